The van der Waals surface area contributed by atoms with Gasteiger partial charge in [0.05, 0.1) is 21.9 Å². The van der Waals surface area contributed by atoms with Crippen LogP contribution < -0.4 is 0 Å². The molecule has 1 aromatic rings. The molecular formula is C8H10N2OS. The highest BCUT2D eigenvalue weighted by molar-refractivity contribution is 7.09. The van der Waals surface area contributed by atoms with E-state index in [-0.39, 0.29) is 0 Å². The van der Waals surface area contributed by atoms with Crippen LogP contribution in [0.25, 0.3) is 0 Å². The van der Waals surface area contributed by atoms with Crippen molar-refractivity contribution in [3.63, 3.8) is 0 Å². The minimum atomic E-state index is -0.744. The molecule has 0 radical (unpaired) electrons. The second kappa shape index (κ2) is 3.21. The van der Waals surface area contributed by atoms with Crippen LogP contribution in [0.3, 0.4) is 0 Å². The van der Waals surface area contributed by atoms with Crippen molar-refractivity contribution in [3.8, 4) is 6.07 Å². The maximum absolute atomic E-state index is 9.69. The lowest BCUT2D eigenvalue weighted by Crippen LogP contribution is -2.18. The first-order chi connectivity index (χ1) is 5.58. The molecule has 0 aliphatic heterocycles. The summed E-state index contributed by atoms with van der Waals surface area (Å²) >= 11 is 1.36. The molecule has 64 valence electrons. The fourth-order valence-corrected chi connectivity index (χ4v) is 1.57. The number of hydrogen-bond donors (Lipinski definition) is 1. The van der Waals surface area contributed by atoms with Crippen molar-refractivity contribution in [3.05, 3.63) is 16.6 Å². The van der Waals surface area contributed by atoms with Gasteiger partial charge in [-0.25, -0.2) is 0 Å². The van der Waals surface area contributed by atoms with Gasteiger partial charge in [-0.05, 0) is 13.8 Å². The monoisotopic (exact) mass is 182 g/mol. The molecule has 0 aliphatic rings. The van der Waals surface area contributed by atoms with Crippen LogP contribution in [0.15, 0.2) is 11.7 Å². The van der Waals surface area contributed by atoms with Gasteiger partial charge in [-0.2, -0.15) is 5.26 Å². The van der Waals surface area contributed by atoms with Gasteiger partial charge in [0.25, 0.3) is 0 Å². The third-order valence-electron chi connectivity index (χ3n) is 1.69. The predicted molar refractivity (Wildman–Crippen MR) is 46.5 cm³/mol. The fourth-order valence-electron chi connectivity index (χ4n) is 0.777. The molecule has 0 aromatic carbocycles. The van der Waals surface area contributed by atoms with E-state index >= 15 is 0 Å². The molecule has 0 fully saturated rings. The summed E-state index contributed by atoms with van der Waals surface area (Å²) in [5.41, 5.74) is 0.901. The first-order valence-electron chi connectivity index (χ1n) is 3.55. The Bertz CT molecular complexity index is 287. The average molecular weight is 182 g/mol. The molecule has 1 unspecified atom stereocenters. The van der Waals surface area contributed by atoms with Gasteiger partial charge in [-0.3, -0.25) is 4.98 Å². The Balaban J connectivity index is 2.87. The van der Waals surface area contributed by atoms with E-state index in [0.29, 0.717) is 0 Å². The summed E-state index contributed by atoms with van der Waals surface area (Å²) in [6.45, 7) is 3.41. The third kappa shape index (κ3) is 1.63. The van der Waals surface area contributed by atoms with Crippen LogP contribution in [0.2, 0.25) is 0 Å². The molecule has 1 heterocycles. The lowest BCUT2D eigenvalue weighted by molar-refractivity contribution is 0.0899. The van der Waals surface area contributed by atoms with Gasteiger partial charge in [0, 0.05) is 6.20 Å². The van der Waals surface area contributed by atoms with E-state index < -0.39 is 11.5 Å². The van der Waals surface area contributed by atoms with Crippen molar-refractivity contribution in [1.82, 2.24) is 4.98 Å². The lowest BCUT2D eigenvalue weighted by Gasteiger charge is -2.20. The predicted octanol–water partition coefficient (Wildman–Crippen LogP) is 1.73. The molecule has 12 heavy (non-hydrogen) atoms. The number of aromatic nitrogens is 1. The standard InChI is InChI=1S/C8H10N2OS/c1-8(2,4-9)7(11)6-3-10-5-12-6/h3,5,7,11H,1-2H3. The molecule has 0 amide bonds. The molecule has 1 N–H and O–H groups in total. The van der Waals surface area contributed by atoms with Crippen molar-refractivity contribution in [2.75, 3.05) is 0 Å². The van der Waals surface area contributed by atoms with Crippen LogP contribution in [0, 0.1) is 16.7 Å². The molecule has 0 spiro atoms. The zero-order chi connectivity index (χ0) is 9.19. The molecule has 4 heteroatoms. The van der Waals surface area contributed by atoms with Gasteiger partial charge >= 0.3 is 0 Å². The van der Waals surface area contributed by atoms with Gasteiger partial charge in [0.15, 0.2) is 0 Å². The van der Waals surface area contributed by atoms with Gasteiger partial charge in [0.2, 0.25) is 0 Å². The van der Waals surface area contributed by atoms with Gasteiger partial charge in [-0.1, -0.05) is 0 Å². The highest BCUT2D eigenvalue weighted by Crippen LogP contribution is 2.33. The molecule has 1 atom stereocenters. The Morgan fingerprint density at radius 2 is 2.42 bits per heavy atom. The Hall–Kier alpha value is -0.920. The molecule has 0 bridgehead atoms. The van der Waals surface area contributed by atoms with Crippen LogP contribution in [0.5, 0.6) is 0 Å². The van der Waals surface area contributed by atoms with Crippen LogP contribution >= 0.6 is 11.3 Å². The maximum Gasteiger partial charge on any atom is 0.108 e. The zero-order valence-electron chi connectivity index (χ0n) is 6.98. The molecule has 1 rings (SSSR count). The number of rotatable bonds is 2. The first kappa shape index (κ1) is 9.17. The Morgan fingerprint density at radius 1 is 1.75 bits per heavy atom. The quantitative estimate of drug-likeness (QED) is 0.757. The van der Waals surface area contributed by atoms with E-state index in [0.717, 1.165) is 4.88 Å². The largest absolute Gasteiger partial charge is 0.386 e. The number of aliphatic hydroxyl groups excluding tert-OH is 1. The summed E-state index contributed by atoms with van der Waals surface area (Å²) in [6.07, 6.45) is 0.851. The van der Waals surface area contributed by atoms with E-state index in [2.05, 4.69) is 11.1 Å². The summed E-state index contributed by atoms with van der Waals surface area (Å²) in [6, 6.07) is 2.06. The minimum Gasteiger partial charge on any atom is -0.386 e. The van der Waals surface area contributed by atoms with Gasteiger partial charge in [-0.15, -0.1) is 11.3 Å². The average Bonchev–Trinajstić information content (AvgIpc) is 2.55. The van der Waals surface area contributed by atoms with E-state index in [1.165, 1.54) is 11.3 Å². The highest BCUT2D eigenvalue weighted by Gasteiger charge is 2.29. The normalized spacial score (nSPS) is 13.8. The maximum atomic E-state index is 9.69. The SMILES string of the molecule is CC(C)(C#N)C(O)c1cncs1. The van der Waals surface area contributed by atoms with Crippen molar-refractivity contribution < 1.29 is 5.11 Å². The van der Waals surface area contributed by atoms with Crippen LogP contribution in [-0.2, 0) is 0 Å². The number of nitrogens with zero attached hydrogens (tertiary/aromatic N) is 2. The zero-order valence-corrected chi connectivity index (χ0v) is 7.80. The molecule has 0 aliphatic carbocycles. The van der Waals surface area contributed by atoms with E-state index in [1.807, 2.05) is 0 Å². The molecule has 0 saturated carbocycles. The van der Waals surface area contributed by atoms with Crippen molar-refractivity contribution in [2.45, 2.75) is 20.0 Å². The van der Waals surface area contributed by atoms with E-state index in [4.69, 9.17) is 5.26 Å². The number of thiazole rings is 1. The van der Waals surface area contributed by atoms with E-state index in [9.17, 15) is 5.11 Å². The minimum absolute atomic E-state index is 0.738. The lowest BCUT2D eigenvalue weighted by atomic mass is 9.88. The Kier molecular flexibility index (Phi) is 2.46. The number of nitriles is 1. The second-order valence-electron chi connectivity index (χ2n) is 3.14. The third-order valence-corrected chi connectivity index (χ3v) is 2.52. The van der Waals surface area contributed by atoms with Gasteiger partial charge < -0.3 is 5.11 Å². The van der Waals surface area contributed by atoms with Crippen molar-refractivity contribution in [1.29, 1.82) is 5.26 Å². The summed E-state index contributed by atoms with van der Waals surface area (Å²) < 4.78 is 0. The fraction of sp³-hybridized carbons (Fsp3) is 0.500. The number of hydrogen-bond acceptors (Lipinski definition) is 4. The van der Waals surface area contributed by atoms with E-state index in [1.54, 1.807) is 25.6 Å². The topological polar surface area (TPSA) is 56.9 Å². The molecule has 3 nitrogen and oxygen atoms in total. The molecule has 1 aromatic heterocycles. The first-order valence-corrected chi connectivity index (χ1v) is 4.43. The van der Waals surface area contributed by atoms with Crippen molar-refractivity contribution in [2.24, 2.45) is 5.41 Å². The van der Waals surface area contributed by atoms with Crippen molar-refractivity contribution >= 4 is 11.3 Å². The highest BCUT2D eigenvalue weighted by atomic mass is 32.1. The number of aliphatic hydroxyl groups is 1. The Morgan fingerprint density at radius 3 is 2.83 bits per heavy atom. The molecule has 0 saturated heterocycles. The summed E-state index contributed by atoms with van der Waals surface area (Å²) in [5.74, 6) is 0. The summed E-state index contributed by atoms with van der Waals surface area (Å²) in [5, 5.41) is 18.4. The van der Waals surface area contributed by atoms with Crippen LogP contribution in [0.1, 0.15) is 24.8 Å². The van der Waals surface area contributed by atoms with Crippen LogP contribution in [0.4, 0.5) is 0 Å². The summed E-state index contributed by atoms with van der Waals surface area (Å²) in [4.78, 5) is 4.58. The smallest absolute Gasteiger partial charge is 0.108 e. The molecular weight excluding hydrogens is 172 g/mol. The second-order valence-corrected chi connectivity index (χ2v) is 4.06. The van der Waals surface area contributed by atoms with Gasteiger partial charge in [0.1, 0.15) is 6.10 Å². The van der Waals surface area contributed by atoms with Crippen LogP contribution in [-0.4, -0.2) is 10.1 Å². The Labute approximate surface area is 75.3 Å². The summed E-state index contributed by atoms with van der Waals surface area (Å²) in [7, 11) is 0.